The lowest BCUT2D eigenvalue weighted by molar-refractivity contribution is 0.320. The minimum atomic E-state index is 0.192. The molecule has 2 aromatic carbocycles. The summed E-state index contributed by atoms with van der Waals surface area (Å²) in [5.41, 5.74) is 5.44. The number of likely N-dealkylation sites (tertiary alicyclic amines) is 1. The second-order valence-corrected chi connectivity index (χ2v) is 6.57. The SMILES string of the molecule is ONc1cc(CN2CCC(c3ccccc3)C2)c(O)c2ncccc12. The van der Waals surface area contributed by atoms with E-state index in [1.165, 1.54) is 5.56 Å². The molecule has 1 aliphatic rings. The molecule has 1 unspecified atom stereocenters. The van der Waals surface area contributed by atoms with Gasteiger partial charge in [-0.3, -0.25) is 20.6 Å². The molecular weight excluding hydrogens is 314 g/mol. The average molecular weight is 335 g/mol. The molecule has 1 aromatic heterocycles. The Labute approximate surface area is 146 Å². The van der Waals surface area contributed by atoms with Crippen LogP contribution in [0.2, 0.25) is 0 Å². The van der Waals surface area contributed by atoms with Gasteiger partial charge in [0, 0.05) is 30.2 Å². The van der Waals surface area contributed by atoms with E-state index in [1.807, 2.05) is 12.1 Å². The number of hydrogen-bond acceptors (Lipinski definition) is 5. The van der Waals surface area contributed by atoms with Crippen LogP contribution < -0.4 is 5.48 Å². The van der Waals surface area contributed by atoms with Crippen LogP contribution in [0.4, 0.5) is 5.69 Å². The van der Waals surface area contributed by atoms with Gasteiger partial charge in [0.15, 0.2) is 0 Å². The molecule has 3 aromatic rings. The highest BCUT2D eigenvalue weighted by molar-refractivity contribution is 5.95. The van der Waals surface area contributed by atoms with E-state index in [2.05, 4.69) is 39.6 Å². The van der Waals surface area contributed by atoms with E-state index in [9.17, 15) is 10.3 Å². The zero-order valence-corrected chi connectivity index (χ0v) is 13.9. The maximum absolute atomic E-state index is 10.6. The molecule has 25 heavy (non-hydrogen) atoms. The summed E-state index contributed by atoms with van der Waals surface area (Å²) in [7, 11) is 0. The van der Waals surface area contributed by atoms with Crippen molar-refractivity contribution in [2.75, 3.05) is 18.6 Å². The van der Waals surface area contributed by atoms with Crippen molar-refractivity contribution in [3.63, 3.8) is 0 Å². The monoisotopic (exact) mass is 335 g/mol. The number of benzene rings is 2. The van der Waals surface area contributed by atoms with Gasteiger partial charge in [-0.2, -0.15) is 0 Å². The molecule has 5 nitrogen and oxygen atoms in total. The lowest BCUT2D eigenvalue weighted by Gasteiger charge is -2.18. The van der Waals surface area contributed by atoms with Crippen molar-refractivity contribution < 1.29 is 10.3 Å². The zero-order chi connectivity index (χ0) is 17.2. The molecule has 1 fully saturated rings. The summed E-state index contributed by atoms with van der Waals surface area (Å²) in [6.45, 7) is 2.59. The first-order valence-corrected chi connectivity index (χ1v) is 8.53. The van der Waals surface area contributed by atoms with Gasteiger partial charge in [0.05, 0.1) is 5.69 Å². The Morgan fingerprint density at radius 3 is 2.80 bits per heavy atom. The third-order valence-electron chi connectivity index (χ3n) is 5.00. The smallest absolute Gasteiger partial charge is 0.146 e. The lowest BCUT2D eigenvalue weighted by Crippen LogP contribution is -2.20. The first-order chi connectivity index (χ1) is 12.3. The van der Waals surface area contributed by atoms with Crippen LogP contribution in [0, 0.1) is 0 Å². The summed E-state index contributed by atoms with van der Waals surface area (Å²) < 4.78 is 0. The quantitative estimate of drug-likeness (QED) is 0.501. The van der Waals surface area contributed by atoms with E-state index in [-0.39, 0.29) is 5.75 Å². The first-order valence-electron chi connectivity index (χ1n) is 8.53. The molecule has 5 heteroatoms. The number of phenols is 1. The highest BCUT2D eigenvalue weighted by Crippen LogP contribution is 2.35. The summed E-state index contributed by atoms with van der Waals surface area (Å²) in [6.07, 6.45) is 2.76. The fourth-order valence-corrected chi connectivity index (χ4v) is 3.71. The van der Waals surface area contributed by atoms with E-state index in [0.717, 1.165) is 25.1 Å². The normalized spacial score (nSPS) is 17.9. The van der Waals surface area contributed by atoms with Crippen LogP contribution in [0.3, 0.4) is 0 Å². The number of nitrogens with zero attached hydrogens (tertiary/aromatic N) is 2. The van der Waals surface area contributed by atoms with Crippen molar-refractivity contribution in [2.24, 2.45) is 0 Å². The number of rotatable bonds is 4. The van der Waals surface area contributed by atoms with Gasteiger partial charge in [-0.05, 0) is 42.6 Å². The van der Waals surface area contributed by atoms with Gasteiger partial charge in [0.2, 0.25) is 0 Å². The first kappa shape index (κ1) is 15.9. The Kier molecular flexibility index (Phi) is 4.26. The molecule has 1 saturated heterocycles. The number of phenolic OH excluding ortho intramolecular Hbond substituents is 1. The van der Waals surface area contributed by atoms with Crippen molar-refractivity contribution in [3.8, 4) is 5.75 Å². The van der Waals surface area contributed by atoms with Crippen LogP contribution >= 0.6 is 0 Å². The molecule has 2 heterocycles. The molecule has 3 N–H and O–H groups in total. The van der Waals surface area contributed by atoms with Gasteiger partial charge >= 0.3 is 0 Å². The Balaban J connectivity index is 1.58. The topological polar surface area (TPSA) is 68.6 Å². The van der Waals surface area contributed by atoms with Crippen LogP contribution in [-0.4, -0.2) is 33.3 Å². The molecule has 0 aliphatic carbocycles. The second kappa shape index (κ2) is 6.70. The van der Waals surface area contributed by atoms with Gasteiger partial charge in [0.1, 0.15) is 11.3 Å². The summed E-state index contributed by atoms with van der Waals surface area (Å²) in [5.74, 6) is 0.718. The van der Waals surface area contributed by atoms with Gasteiger partial charge in [-0.15, -0.1) is 0 Å². The number of anilines is 1. The summed E-state index contributed by atoms with van der Waals surface area (Å²) in [4.78, 5) is 6.60. The fourth-order valence-electron chi connectivity index (χ4n) is 3.71. The third kappa shape index (κ3) is 3.04. The Hall–Kier alpha value is -2.63. The predicted molar refractivity (Wildman–Crippen MR) is 97.9 cm³/mol. The van der Waals surface area contributed by atoms with E-state index in [0.29, 0.717) is 29.1 Å². The predicted octanol–water partition coefficient (Wildman–Crippen LogP) is 3.73. The highest BCUT2D eigenvalue weighted by atomic mass is 16.5. The minimum absolute atomic E-state index is 0.192. The van der Waals surface area contributed by atoms with Crippen molar-refractivity contribution >= 4 is 16.6 Å². The summed E-state index contributed by atoms with van der Waals surface area (Å²) in [5, 5.41) is 20.7. The van der Waals surface area contributed by atoms with Gasteiger partial charge in [0.25, 0.3) is 0 Å². The maximum atomic E-state index is 10.6. The molecule has 0 spiro atoms. The van der Waals surface area contributed by atoms with Crippen molar-refractivity contribution in [1.82, 2.24) is 9.88 Å². The Morgan fingerprint density at radius 1 is 1.16 bits per heavy atom. The van der Waals surface area contributed by atoms with Gasteiger partial charge < -0.3 is 5.11 Å². The molecule has 128 valence electrons. The molecule has 0 amide bonds. The number of fused-ring (bicyclic) bond motifs is 1. The zero-order valence-electron chi connectivity index (χ0n) is 13.9. The molecule has 0 bridgehead atoms. The van der Waals surface area contributed by atoms with E-state index < -0.39 is 0 Å². The minimum Gasteiger partial charge on any atom is -0.505 e. The number of aromatic nitrogens is 1. The molecule has 1 aliphatic heterocycles. The molecule has 0 radical (unpaired) electrons. The van der Waals surface area contributed by atoms with Crippen LogP contribution in [0.1, 0.15) is 23.5 Å². The molecule has 0 saturated carbocycles. The van der Waals surface area contributed by atoms with Gasteiger partial charge in [-0.1, -0.05) is 30.3 Å². The van der Waals surface area contributed by atoms with Crippen LogP contribution in [0.5, 0.6) is 5.75 Å². The van der Waals surface area contributed by atoms with Crippen molar-refractivity contribution in [2.45, 2.75) is 18.9 Å². The van der Waals surface area contributed by atoms with E-state index in [1.54, 1.807) is 18.3 Å². The number of nitrogens with one attached hydrogen (secondary N) is 1. The van der Waals surface area contributed by atoms with Crippen LogP contribution in [-0.2, 0) is 6.54 Å². The largest absolute Gasteiger partial charge is 0.505 e. The highest BCUT2D eigenvalue weighted by Gasteiger charge is 2.25. The summed E-state index contributed by atoms with van der Waals surface area (Å²) >= 11 is 0. The molecule has 1 atom stereocenters. The number of hydrogen-bond donors (Lipinski definition) is 3. The average Bonchev–Trinajstić information content (AvgIpc) is 3.13. The summed E-state index contributed by atoms with van der Waals surface area (Å²) in [6, 6.07) is 16.0. The van der Waals surface area contributed by atoms with Gasteiger partial charge in [-0.25, -0.2) is 0 Å². The third-order valence-corrected chi connectivity index (χ3v) is 5.00. The Bertz CT molecular complexity index is 883. The van der Waals surface area contributed by atoms with E-state index >= 15 is 0 Å². The van der Waals surface area contributed by atoms with Crippen molar-refractivity contribution in [1.29, 1.82) is 0 Å². The molecular formula is C20H21N3O2. The van der Waals surface area contributed by atoms with Crippen LogP contribution in [0.25, 0.3) is 10.9 Å². The number of pyridine rings is 1. The Morgan fingerprint density at radius 2 is 2.00 bits per heavy atom. The van der Waals surface area contributed by atoms with Crippen LogP contribution in [0.15, 0.2) is 54.7 Å². The fraction of sp³-hybridized carbons (Fsp3) is 0.250. The van der Waals surface area contributed by atoms with E-state index in [4.69, 9.17) is 0 Å². The number of aromatic hydroxyl groups is 1. The second-order valence-electron chi connectivity index (χ2n) is 6.57. The maximum Gasteiger partial charge on any atom is 0.146 e. The molecule has 4 rings (SSSR count). The lowest BCUT2D eigenvalue weighted by atomic mass is 9.99. The standard InChI is InChI=1S/C20H21N3O2/c24-20-16(11-18(22-25)17-7-4-9-21-19(17)20)13-23-10-8-15(12-23)14-5-2-1-3-6-14/h1-7,9,11,15,22,24-25H,8,10,12-13H2. The van der Waals surface area contributed by atoms with Crippen molar-refractivity contribution in [3.05, 3.63) is 65.9 Å².